The fourth-order valence-corrected chi connectivity index (χ4v) is 3.82. The molecule has 1 fully saturated rings. The summed E-state index contributed by atoms with van der Waals surface area (Å²) in [6, 6.07) is 11.9. The predicted molar refractivity (Wildman–Crippen MR) is 111 cm³/mol. The number of hydrogen-bond acceptors (Lipinski definition) is 7. The molecule has 7 heteroatoms. The van der Waals surface area contributed by atoms with Gasteiger partial charge in [-0.3, -0.25) is 9.88 Å². The molecule has 2 atom stereocenters. The average molecular weight is 388 g/mol. The van der Waals surface area contributed by atoms with Crippen molar-refractivity contribution in [2.75, 3.05) is 33.8 Å². The fourth-order valence-electron chi connectivity index (χ4n) is 3.82. The van der Waals surface area contributed by atoms with Gasteiger partial charge in [-0.05, 0) is 30.3 Å². The van der Waals surface area contributed by atoms with Crippen molar-refractivity contribution in [2.45, 2.75) is 12.3 Å². The Labute approximate surface area is 170 Å². The fraction of sp³-hybridized carbons (Fsp3) is 0.318. The van der Waals surface area contributed by atoms with Crippen molar-refractivity contribution in [1.29, 1.82) is 5.26 Å². The maximum absolute atomic E-state index is 9.16. The first-order valence-electron chi connectivity index (χ1n) is 9.63. The molecule has 0 aliphatic carbocycles. The minimum Gasteiger partial charge on any atom is -0.496 e. The van der Waals surface area contributed by atoms with E-state index in [0.29, 0.717) is 5.56 Å². The van der Waals surface area contributed by atoms with Gasteiger partial charge in [0, 0.05) is 62.4 Å². The maximum Gasteiger partial charge on any atom is 0.178 e. The molecular formula is C22H24N6O. The number of rotatable bonds is 4. The molecule has 7 nitrogen and oxygen atoms in total. The standard InChI is InChI=1S/C22H24N6O/c1-27-11-7-19(17-5-8-24-9-6-17)26-22(27)28-12-10-25-20(15-28)18-4-3-16(14-23)13-21(18)29-2/h3-9,11,13,20,22,25H,10,12,15H2,1-2H3. The molecular weight excluding hydrogens is 364 g/mol. The summed E-state index contributed by atoms with van der Waals surface area (Å²) in [5, 5.41) is 12.7. The zero-order chi connectivity index (χ0) is 20.2. The molecule has 2 unspecified atom stereocenters. The number of aromatic nitrogens is 1. The molecule has 1 N–H and O–H groups in total. The first-order valence-corrected chi connectivity index (χ1v) is 9.63. The largest absolute Gasteiger partial charge is 0.496 e. The van der Waals surface area contributed by atoms with Crippen LogP contribution in [0.4, 0.5) is 0 Å². The first kappa shape index (κ1) is 19.1. The summed E-state index contributed by atoms with van der Waals surface area (Å²) in [7, 11) is 3.69. The van der Waals surface area contributed by atoms with Crippen LogP contribution in [0, 0.1) is 11.3 Å². The van der Waals surface area contributed by atoms with Gasteiger partial charge >= 0.3 is 0 Å². The Kier molecular flexibility index (Phi) is 5.56. The molecule has 2 aromatic rings. The van der Waals surface area contributed by atoms with Gasteiger partial charge < -0.3 is 15.0 Å². The van der Waals surface area contributed by atoms with E-state index in [1.165, 1.54) is 0 Å². The Morgan fingerprint density at radius 3 is 2.83 bits per heavy atom. The lowest BCUT2D eigenvalue weighted by Gasteiger charge is -2.41. The van der Waals surface area contributed by atoms with Crippen LogP contribution in [-0.2, 0) is 0 Å². The number of methoxy groups -OCH3 is 1. The van der Waals surface area contributed by atoms with Crippen LogP contribution in [0.3, 0.4) is 0 Å². The summed E-state index contributed by atoms with van der Waals surface area (Å²) in [4.78, 5) is 13.6. The van der Waals surface area contributed by atoms with Gasteiger partial charge in [0.1, 0.15) is 5.75 Å². The molecule has 3 heterocycles. The highest BCUT2D eigenvalue weighted by atomic mass is 16.5. The van der Waals surface area contributed by atoms with Gasteiger partial charge in [0.25, 0.3) is 0 Å². The first-order chi connectivity index (χ1) is 14.2. The van der Waals surface area contributed by atoms with Crippen LogP contribution in [0.5, 0.6) is 5.75 Å². The highest BCUT2D eigenvalue weighted by molar-refractivity contribution is 6.08. The minimum atomic E-state index is -0.0721. The van der Waals surface area contributed by atoms with Crippen LogP contribution >= 0.6 is 0 Å². The van der Waals surface area contributed by atoms with Gasteiger partial charge in [0.15, 0.2) is 6.29 Å². The quantitative estimate of drug-likeness (QED) is 0.865. The second kappa shape index (κ2) is 8.43. The van der Waals surface area contributed by atoms with Crippen LogP contribution in [-0.4, -0.2) is 60.6 Å². The van der Waals surface area contributed by atoms with Gasteiger partial charge in [-0.2, -0.15) is 5.26 Å². The van der Waals surface area contributed by atoms with E-state index < -0.39 is 0 Å². The van der Waals surface area contributed by atoms with Crippen molar-refractivity contribution in [3.05, 3.63) is 71.7 Å². The smallest absolute Gasteiger partial charge is 0.178 e. The van der Waals surface area contributed by atoms with E-state index >= 15 is 0 Å². The third kappa shape index (κ3) is 3.99. The van der Waals surface area contributed by atoms with Crippen molar-refractivity contribution in [1.82, 2.24) is 20.1 Å². The summed E-state index contributed by atoms with van der Waals surface area (Å²) in [5.41, 5.74) is 3.68. The van der Waals surface area contributed by atoms with Gasteiger partial charge in [0.2, 0.25) is 0 Å². The van der Waals surface area contributed by atoms with Crippen LogP contribution in [0.15, 0.2) is 60.0 Å². The maximum atomic E-state index is 9.16. The van der Waals surface area contributed by atoms with Crippen molar-refractivity contribution >= 4 is 5.71 Å². The molecule has 4 rings (SSSR count). The number of allylic oxidation sites excluding steroid dienone is 1. The lowest BCUT2D eigenvalue weighted by Crippen LogP contribution is -2.54. The molecule has 0 amide bonds. The molecule has 2 aliphatic rings. The summed E-state index contributed by atoms with van der Waals surface area (Å²) in [6.45, 7) is 2.53. The molecule has 1 aromatic heterocycles. The van der Waals surface area contributed by atoms with E-state index in [9.17, 15) is 0 Å². The minimum absolute atomic E-state index is 0.0721. The number of piperazine rings is 1. The number of ether oxygens (including phenoxy) is 1. The van der Waals surface area contributed by atoms with E-state index in [-0.39, 0.29) is 12.3 Å². The number of nitriles is 1. The SMILES string of the molecule is COc1cc(C#N)ccc1C1CN(C2N=C(c3ccncc3)C=CN2C)CCN1. The van der Waals surface area contributed by atoms with Gasteiger partial charge in [-0.25, -0.2) is 4.99 Å². The average Bonchev–Trinajstić information content (AvgIpc) is 2.79. The summed E-state index contributed by atoms with van der Waals surface area (Å²) >= 11 is 0. The van der Waals surface area contributed by atoms with Crippen LogP contribution in [0.1, 0.15) is 22.7 Å². The molecule has 0 radical (unpaired) electrons. The Hall–Kier alpha value is -3.21. The number of nitrogens with zero attached hydrogens (tertiary/aromatic N) is 5. The van der Waals surface area contributed by atoms with Gasteiger partial charge in [-0.1, -0.05) is 6.07 Å². The van der Waals surface area contributed by atoms with E-state index in [0.717, 1.165) is 42.2 Å². The van der Waals surface area contributed by atoms with E-state index in [1.54, 1.807) is 25.6 Å². The lowest BCUT2D eigenvalue weighted by atomic mass is 10.0. The monoisotopic (exact) mass is 388 g/mol. The highest BCUT2D eigenvalue weighted by Gasteiger charge is 2.30. The second-order valence-corrected chi connectivity index (χ2v) is 7.15. The normalized spacial score (nSPS) is 22.1. The Morgan fingerprint density at radius 1 is 1.24 bits per heavy atom. The molecule has 2 aliphatic heterocycles. The number of benzene rings is 1. The van der Waals surface area contributed by atoms with Crippen molar-refractivity contribution < 1.29 is 4.74 Å². The third-order valence-corrected chi connectivity index (χ3v) is 5.33. The summed E-state index contributed by atoms with van der Waals surface area (Å²) < 4.78 is 5.55. The zero-order valence-corrected chi connectivity index (χ0v) is 16.6. The Morgan fingerprint density at radius 2 is 2.07 bits per heavy atom. The molecule has 148 valence electrons. The van der Waals surface area contributed by atoms with Crippen LogP contribution < -0.4 is 10.1 Å². The van der Waals surface area contributed by atoms with Crippen LogP contribution in [0.25, 0.3) is 0 Å². The van der Waals surface area contributed by atoms with Crippen molar-refractivity contribution in [3.63, 3.8) is 0 Å². The van der Waals surface area contributed by atoms with Gasteiger partial charge in [-0.15, -0.1) is 0 Å². The van der Waals surface area contributed by atoms with E-state index in [2.05, 4.69) is 32.4 Å². The van der Waals surface area contributed by atoms with Crippen molar-refractivity contribution in [3.8, 4) is 11.8 Å². The third-order valence-electron chi connectivity index (χ3n) is 5.33. The summed E-state index contributed by atoms with van der Waals surface area (Å²) in [6.07, 6.45) is 7.62. The number of aliphatic imine (C=N–C) groups is 1. The number of pyridine rings is 1. The molecule has 0 spiro atoms. The highest BCUT2D eigenvalue weighted by Crippen LogP contribution is 2.29. The van der Waals surface area contributed by atoms with Gasteiger partial charge in [0.05, 0.1) is 24.5 Å². The lowest BCUT2D eigenvalue weighted by molar-refractivity contribution is 0.0679. The topological polar surface area (TPSA) is 76.8 Å². The number of hydrogen-bond donors (Lipinski definition) is 1. The predicted octanol–water partition coefficient (Wildman–Crippen LogP) is 2.14. The molecule has 1 aromatic carbocycles. The van der Waals surface area contributed by atoms with Crippen molar-refractivity contribution in [2.24, 2.45) is 4.99 Å². The van der Waals surface area contributed by atoms with E-state index in [1.807, 2.05) is 37.4 Å². The molecule has 0 bridgehead atoms. The molecule has 29 heavy (non-hydrogen) atoms. The van der Waals surface area contributed by atoms with Crippen LogP contribution in [0.2, 0.25) is 0 Å². The Bertz CT molecular complexity index is 965. The molecule has 0 saturated carbocycles. The summed E-state index contributed by atoms with van der Waals surface area (Å²) in [5.74, 6) is 0.737. The second-order valence-electron chi connectivity index (χ2n) is 7.15. The Balaban J connectivity index is 1.57. The van der Waals surface area contributed by atoms with E-state index in [4.69, 9.17) is 15.0 Å². The molecule has 1 saturated heterocycles. The number of nitrogens with one attached hydrogen (secondary N) is 1. The zero-order valence-electron chi connectivity index (χ0n) is 16.6.